The number of hydrogen-bond donors (Lipinski definition) is 0. The summed E-state index contributed by atoms with van der Waals surface area (Å²) in [4.78, 5) is 0. The molecule has 1 aromatic rings. The minimum atomic E-state index is -4.89. The van der Waals surface area contributed by atoms with Gasteiger partial charge in [0.05, 0.1) is 0 Å². The van der Waals surface area contributed by atoms with E-state index in [4.69, 9.17) is 0 Å². The van der Waals surface area contributed by atoms with Gasteiger partial charge >= 0.3 is 6.98 Å². The molecule has 0 amide bonds. The molecule has 0 spiro atoms. The largest absolute Gasteiger partial charge is 0.512 e. The summed E-state index contributed by atoms with van der Waals surface area (Å²) < 4.78 is 37.4. The minimum Gasteiger partial charge on any atom is -0.445 e. The van der Waals surface area contributed by atoms with E-state index in [1.54, 1.807) is 0 Å². The highest BCUT2D eigenvalue weighted by atomic mass is 19.4. The summed E-state index contributed by atoms with van der Waals surface area (Å²) in [6.07, 6.45) is 0.995. The number of halogens is 3. The van der Waals surface area contributed by atoms with Gasteiger partial charge in [0.15, 0.2) is 0 Å². The third kappa shape index (κ3) is 1.55. The molecule has 0 radical (unpaired) electrons. The Bertz CT molecular complexity index is 265. The quantitative estimate of drug-likeness (QED) is 0.559. The van der Waals surface area contributed by atoms with Crippen molar-refractivity contribution >= 4 is 12.4 Å². The number of aromatic nitrogens is 2. The third-order valence-corrected chi connectivity index (χ3v) is 1.40. The SMILES string of the molecule is Cc1nn(C)cc1[B-](F)(F)F. The lowest BCUT2D eigenvalue weighted by Gasteiger charge is -2.11. The number of aryl methyl sites for hydroxylation is 2. The third-order valence-electron chi connectivity index (χ3n) is 1.40. The highest BCUT2D eigenvalue weighted by molar-refractivity contribution is 6.73. The van der Waals surface area contributed by atoms with Crippen molar-refractivity contribution in [3.63, 3.8) is 0 Å². The van der Waals surface area contributed by atoms with Gasteiger partial charge in [-0.15, -0.1) is 0 Å². The van der Waals surface area contributed by atoms with Crippen LogP contribution in [-0.4, -0.2) is 16.8 Å². The zero-order valence-corrected chi connectivity index (χ0v) is 6.18. The summed E-state index contributed by atoms with van der Waals surface area (Å²) in [6.45, 7) is -3.54. The lowest BCUT2D eigenvalue weighted by Crippen LogP contribution is -2.34. The van der Waals surface area contributed by atoms with Gasteiger partial charge in [-0.1, -0.05) is 5.46 Å². The molecule has 0 aliphatic heterocycles. The number of nitrogens with zero attached hydrogens (tertiary/aromatic N) is 2. The monoisotopic (exact) mass is 163 g/mol. The fourth-order valence-corrected chi connectivity index (χ4v) is 0.939. The van der Waals surface area contributed by atoms with Crippen LogP contribution >= 0.6 is 0 Å². The Kier molecular flexibility index (Phi) is 1.70. The van der Waals surface area contributed by atoms with Gasteiger partial charge in [0.25, 0.3) is 0 Å². The van der Waals surface area contributed by atoms with Crippen LogP contribution in [0, 0.1) is 6.92 Å². The molecule has 62 valence electrons. The molecule has 0 aromatic carbocycles. The minimum absolute atomic E-state index is 0.0417. The van der Waals surface area contributed by atoms with Gasteiger partial charge < -0.3 is 12.9 Å². The van der Waals surface area contributed by atoms with Crippen LogP contribution in [-0.2, 0) is 7.05 Å². The van der Waals surface area contributed by atoms with E-state index in [9.17, 15) is 12.9 Å². The molecule has 0 N–H and O–H groups in total. The fourth-order valence-electron chi connectivity index (χ4n) is 0.939. The molecule has 0 bridgehead atoms. The Balaban J connectivity index is 3.13. The number of rotatable bonds is 1. The first-order valence-corrected chi connectivity index (χ1v) is 3.11. The molecular weight excluding hydrogens is 156 g/mol. The van der Waals surface area contributed by atoms with Crippen molar-refractivity contribution in [2.45, 2.75) is 6.92 Å². The smallest absolute Gasteiger partial charge is 0.445 e. The van der Waals surface area contributed by atoms with Crippen LogP contribution in [0.5, 0.6) is 0 Å². The van der Waals surface area contributed by atoms with Gasteiger partial charge in [-0.25, -0.2) is 0 Å². The first-order chi connectivity index (χ1) is 4.91. The van der Waals surface area contributed by atoms with Crippen molar-refractivity contribution in [1.29, 1.82) is 0 Å². The van der Waals surface area contributed by atoms with E-state index < -0.39 is 12.4 Å². The molecule has 0 fully saturated rings. The Morgan fingerprint density at radius 2 is 2.00 bits per heavy atom. The Morgan fingerprint density at radius 1 is 1.45 bits per heavy atom. The second-order valence-electron chi connectivity index (χ2n) is 2.42. The predicted octanol–water partition coefficient (Wildman–Crippen LogP) is 0.783. The first kappa shape index (κ1) is 8.16. The molecule has 0 saturated heterocycles. The van der Waals surface area contributed by atoms with Crippen molar-refractivity contribution in [1.82, 2.24) is 9.78 Å². The molecule has 11 heavy (non-hydrogen) atoms. The maximum atomic E-state index is 12.1. The molecule has 0 saturated carbocycles. The van der Waals surface area contributed by atoms with Gasteiger partial charge in [0.2, 0.25) is 0 Å². The lowest BCUT2D eigenvalue weighted by molar-refractivity contribution is 0.500. The molecule has 0 unspecified atom stereocenters. The van der Waals surface area contributed by atoms with Crippen LogP contribution in [0.1, 0.15) is 5.69 Å². The van der Waals surface area contributed by atoms with Crippen LogP contribution in [0.3, 0.4) is 0 Å². The van der Waals surface area contributed by atoms with E-state index in [1.165, 1.54) is 18.7 Å². The zero-order chi connectivity index (χ0) is 8.65. The number of hydrogen-bond acceptors (Lipinski definition) is 1. The second-order valence-corrected chi connectivity index (χ2v) is 2.42. The molecule has 1 heterocycles. The first-order valence-electron chi connectivity index (χ1n) is 3.11. The molecule has 0 aliphatic rings. The molecule has 1 rings (SSSR count). The van der Waals surface area contributed by atoms with E-state index >= 15 is 0 Å². The lowest BCUT2D eigenvalue weighted by atomic mass is 9.81. The maximum absolute atomic E-state index is 12.1. The van der Waals surface area contributed by atoms with Gasteiger partial charge in [-0.2, -0.15) is 5.10 Å². The van der Waals surface area contributed by atoms with Crippen molar-refractivity contribution in [3.05, 3.63) is 11.9 Å². The van der Waals surface area contributed by atoms with Gasteiger partial charge in [-0.3, -0.25) is 4.68 Å². The summed E-state index contributed by atoms with van der Waals surface area (Å²) in [7, 11) is 1.47. The van der Waals surface area contributed by atoms with Gasteiger partial charge in [0, 0.05) is 12.7 Å². The summed E-state index contributed by atoms with van der Waals surface area (Å²) in [5.74, 6) is 0. The van der Waals surface area contributed by atoms with Gasteiger partial charge in [-0.05, 0) is 13.1 Å². The highest BCUT2D eigenvalue weighted by Crippen LogP contribution is 2.09. The Morgan fingerprint density at radius 3 is 2.18 bits per heavy atom. The van der Waals surface area contributed by atoms with Crippen molar-refractivity contribution in [3.8, 4) is 0 Å². The average Bonchev–Trinajstić information content (AvgIpc) is 2.08. The molecular formula is C5H7BF3N2-. The molecule has 6 heteroatoms. The van der Waals surface area contributed by atoms with Crippen LogP contribution in [0.15, 0.2) is 6.20 Å². The van der Waals surface area contributed by atoms with Crippen LogP contribution in [0.2, 0.25) is 0 Å². The summed E-state index contributed by atoms with van der Waals surface area (Å²) in [6, 6.07) is 0. The summed E-state index contributed by atoms with van der Waals surface area (Å²) in [5, 5.41) is 3.59. The van der Waals surface area contributed by atoms with E-state index in [0.717, 1.165) is 6.20 Å². The zero-order valence-electron chi connectivity index (χ0n) is 6.18. The van der Waals surface area contributed by atoms with Crippen molar-refractivity contribution in [2.24, 2.45) is 7.05 Å². The average molecular weight is 163 g/mol. The molecule has 0 atom stereocenters. The Labute approximate surface area is 62.1 Å². The predicted molar refractivity (Wildman–Crippen MR) is 36.7 cm³/mol. The maximum Gasteiger partial charge on any atom is 0.512 e. The van der Waals surface area contributed by atoms with Crippen LogP contribution in [0.25, 0.3) is 0 Å². The topological polar surface area (TPSA) is 17.8 Å². The van der Waals surface area contributed by atoms with Crippen LogP contribution < -0.4 is 5.46 Å². The second kappa shape index (κ2) is 2.28. The Hall–Kier alpha value is -0.935. The van der Waals surface area contributed by atoms with Gasteiger partial charge in [0.1, 0.15) is 0 Å². The summed E-state index contributed by atoms with van der Waals surface area (Å²) >= 11 is 0. The fraction of sp³-hybridized carbons (Fsp3) is 0.400. The normalized spacial score (nSPS) is 12.1. The van der Waals surface area contributed by atoms with E-state index in [1.807, 2.05) is 0 Å². The van der Waals surface area contributed by atoms with Crippen molar-refractivity contribution in [2.75, 3.05) is 0 Å². The van der Waals surface area contributed by atoms with E-state index in [-0.39, 0.29) is 5.69 Å². The van der Waals surface area contributed by atoms with E-state index in [2.05, 4.69) is 5.10 Å². The standard InChI is InChI=1S/C5H7BF3N2/c1-4-5(6(7,8)9)3-11(2)10-4/h3H,1-2H3/q-1. The molecule has 2 nitrogen and oxygen atoms in total. The molecule has 0 aliphatic carbocycles. The van der Waals surface area contributed by atoms with Crippen molar-refractivity contribution < 1.29 is 12.9 Å². The van der Waals surface area contributed by atoms with Crippen LogP contribution in [0.4, 0.5) is 12.9 Å². The highest BCUT2D eigenvalue weighted by Gasteiger charge is 2.29. The summed E-state index contributed by atoms with van der Waals surface area (Å²) in [5.41, 5.74) is -0.562. The molecule has 1 aromatic heterocycles. The van der Waals surface area contributed by atoms with E-state index in [0.29, 0.717) is 0 Å².